The molecule has 1 saturated carbocycles. The molecule has 3 aromatic carbocycles. The summed E-state index contributed by atoms with van der Waals surface area (Å²) in [5.74, 6) is -6.94. The molecule has 0 radical (unpaired) electrons. The van der Waals surface area contributed by atoms with Gasteiger partial charge in [0.05, 0.1) is 18.6 Å². The SMILES string of the molecule is CCCC(O)c1ccc(C2CCC(C(=O)Oc3ccc(-c4ccc(C5CO5)c(F)c4F)cc3F)CC2)c(F)c1F. The number of rotatable bonds is 8. The van der Waals surface area contributed by atoms with Gasteiger partial charge in [-0.25, -0.2) is 22.0 Å². The topological polar surface area (TPSA) is 59.1 Å². The van der Waals surface area contributed by atoms with Gasteiger partial charge in [-0.1, -0.05) is 43.7 Å². The number of aliphatic hydroxyl groups is 1. The zero-order valence-corrected chi connectivity index (χ0v) is 21.9. The number of epoxide rings is 1. The second-order valence-electron chi connectivity index (χ2n) is 10.4. The Morgan fingerprint density at radius 1 is 0.925 bits per heavy atom. The highest BCUT2D eigenvalue weighted by Crippen LogP contribution is 2.40. The van der Waals surface area contributed by atoms with Crippen molar-refractivity contribution in [3.05, 3.63) is 88.2 Å². The minimum absolute atomic E-state index is 0.0637. The summed E-state index contributed by atoms with van der Waals surface area (Å²) < 4.78 is 83.5. The third-order valence-electron chi connectivity index (χ3n) is 7.81. The molecule has 1 aliphatic heterocycles. The zero-order valence-electron chi connectivity index (χ0n) is 21.9. The van der Waals surface area contributed by atoms with Gasteiger partial charge in [0.15, 0.2) is 34.8 Å². The van der Waals surface area contributed by atoms with Gasteiger partial charge in [-0.15, -0.1) is 0 Å². The quantitative estimate of drug-likeness (QED) is 0.132. The van der Waals surface area contributed by atoms with E-state index in [2.05, 4.69) is 0 Å². The highest BCUT2D eigenvalue weighted by molar-refractivity contribution is 5.76. The molecule has 0 amide bonds. The minimum Gasteiger partial charge on any atom is -0.423 e. The van der Waals surface area contributed by atoms with Crippen LogP contribution in [-0.2, 0) is 9.53 Å². The summed E-state index contributed by atoms with van der Waals surface area (Å²) in [6, 6.07) is 9.17. The Kier molecular flexibility index (Phi) is 8.24. The number of hydrogen-bond acceptors (Lipinski definition) is 4. The lowest BCUT2D eigenvalue weighted by atomic mass is 9.78. The van der Waals surface area contributed by atoms with E-state index in [1.807, 2.05) is 6.92 Å². The number of esters is 1. The third-order valence-corrected chi connectivity index (χ3v) is 7.81. The second-order valence-corrected chi connectivity index (χ2v) is 10.4. The molecule has 40 heavy (non-hydrogen) atoms. The largest absolute Gasteiger partial charge is 0.423 e. The zero-order chi connectivity index (χ0) is 28.6. The normalized spacial score (nSPS) is 21.2. The molecular weight excluding hydrogens is 531 g/mol. The Bertz CT molecular complexity index is 1410. The lowest BCUT2D eigenvalue weighted by Crippen LogP contribution is -2.26. The van der Waals surface area contributed by atoms with E-state index in [1.54, 1.807) is 0 Å². The van der Waals surface area contributed by atoms with Gasteiger partial charge >= 0.3 is 5.97 Å². The number of carbonyl (C=O) groups is 1. The van der Waals surface area contributed by atoms with Crippen LogP contribution in [-0.4, -0.2) is 17.7 Å². The van der Waals surface area contributed by atoms with Crippen LogP contribution >= 0.6 is 0 Å². The standard InChI is InChI=1S/C31H29F5O4/c1-2-3-24(37)21-11-9-19(27(33)29(21)35)16-4-6-17(7-5-16)31(38)40-25-13-8-18(14-23(25)32)20-10-12-22(26-15-39-26)30(36)28(20)34/h8-14,16-17,24,26,37H,2-7,15H2,1H3. The van der Waals surface area contributed by atoms with Crippen LogP contribution in [0.5, 0.6) is 5.75 Å². The Labute approximate surface area is 228 Å². The third kappa shape index (κ3) is 5.63. The minimum atomic E-state index is -1.11. The van der Waals surface area contributed by atoms with E-state index in [0.29, 0.717) is 45.1 Å². The average molecular weight is 561 g/mol. The first kappa shape index (κ1) is 28.2. The maximum atomic E-state index is 14.8. The van der Waals surface area contributed by atoms with Crippen LogP contribution in [0, 0.1) is 35.0 Å². The Morgan fingerprint density at radius 3 is 2.25 bits per heavy atom. The second kappa shape index (κ2) is 11.7. The van der Waals surface area contributed by atoms with Gasteiger partial charge in [-0.2, -0.15) is 0 Å². The molecular formula is C31H29F5O4. The first-order valence-electron chi connectivity index (χ1n) is 13.5. The molecule has 1 saturated heterocycles. The molecule has 0 bridgehead atoms. The number of hydrogen-bond donors (Lipinski definition) is 1. The summed E-state index contributed by atoms with van der Waals surface area (Å²) in [4.78, 5) is 12.8. The molecule has 0 aromatic heterocycles. The predicted molar refractivity (Wildman–Crippen MR) is 137 cm³/mol. The molecule has 2 atom stereocenters. The molecule has 2 fully saturated rings. The Balaban J connectivity index is 1.22. The lowest BCUT2D eigenvalue weighted by Gasteiger charge is -2.28. The summed E-state index contributed by atoms with van der Waals surface area (Å²) in [5, 5.41) is 10.1. The van der Waals surface area contributed by atoms with Gasteiger partial charge in [0.25, 0.3) is 0 Å². The molecule has 2 unspecified atom stereocenters. The van der Waals surface area contributed by atoms with E-state index in [0.717, 1.165) is 6.07 Å². The first-order chi connectivity index (χ1) is 19.2. The fourth-order valence-electron chi connectivity index (χ4n) is 5.43. The van der Waals surface area contributed by atoms with Gasteiger partial charge in [0, 0.05) is 16.7 Å². The molecule has 3 aromatic rings. The maximum Gasteiger partial charge on any atom is 0.314 e. The van der Waals surface area contributed by atoms with Crippen LogP contribution in [0.2, 0.25) is 0 Å². The predicted octanol–water partition coefficient (Wildman–Crippen LogP) is 7.83. The van der Waals surface area contributed by atoms with E-state index < -0.39 is 53.2 Å². The van der Waals surface area contributed by atoms with E-state index in [4.69, 9.17) is 9.47 Å². The highest BCUT2D eigenvalue weighted by Gasteiger charge is 2.32. The van der Waals surface area contributed by atoms with Crippen molar-refractivity contribution in [3.63, 3.8) is 0 Å². The molecule has 1 aliphatic carbocycles. The smallest absolute Gasteiger partial charge is 0.314 e. The fraction of sp³-hybridized carbons (Fsp3) is 0.387. The maximum absolute atomic E-state index is 14.8. The molecule has 1 heterocycles. The van der Waals surface area contributed by atoms with Crippen molar-refractivity contribution in [1.29, 1.82) is 0 Å². The Morgan fingerprint density at radius 2 is 1.60 bits per heavy atom. The van der Waals surface area contributed by atoms with Crippen molar-refractivity contribution in [3.8, 4) is 16.9 Å². The van der Waals surface area contributed by atoms with Gasteiger partial charge in [-0.3, -0.25) is 4.79 Å². The molecule has 1 N–H and O–H groups in total. The van der Waals surface area contributed by atoms with Crippen LogP contribution in [0.1, 0.15) is 80.3 Å². The van der Waals surface area contributed by atoms with Crippen LogP contribution in [0.4, 0.5) is 22.0 Å². The van der Waals surface area contributed by atoms with Crippen molar-refractivity contribution in [2.75, 3.05) is 6.61 Å². The van der Waals surface area contributed by atoms with E-state index in [1.165, 1.54) is 36.4 Å². The van der Waals surface area contributed by atoms with Crippen molar-refractivity contribution >= 4 is 5.97 Å². The highest BCUT2D eigenvalue weighted by atomic mass is 19.2. The summed E-state index contributed by atoms with van der Waals surface area (Å²) in [6.07, 6.45) is 0.894. The summed E-state index contributed by atoms with van der Waals surface area (Å²) in [5.41, 5.74) is 0.206. The van der Waals surface area contributed by atoms with Crippen LogP contribution in [0.15, 0.2) is 42.5 Å². The molecule has 5 rings (SSSR count). The van der Waals surface area contributed by atoms with Crippen LogP contribution in [0.25, 0.3) is 11.1 Å². The van der Waals surface area contributed by atoms with Crippen molar-refractivity contribution in [2.45, 2.75) is 63.6 Å². The first-order valence-corrected chi connectivity index (χ1v) is 13.5. The van der Waals surface area contributed by atoms with Gasteiger partial charge < -0.3 is 14.6 Å². The Hall–Kier alpha value is -3.30. The average Bonchev–Trinajstić information content (AvgIpc) is 3.78. The van der Waals surface area contributed by atoms with Crippen molar-refractivity contribution < 1.29 is 41.3 Å². The summed E-state index contributed by atoms with van der Waals surface area (Å²) in [7, 11) is 0. The van der Waals surface area contributed by atoms with Crippen LogP contribution in [0.3, 0.4) is 0 Å². The van der Waals surface area contributed by atoms with Gasteiger partial charge in [0.1, 0.15) is 6.10 Å². The fourth-order valence-corrected chi connectivity index (χ4v) is 5.43. The monoisotopic (exact) mass is 560 g/mol. The van der Waals surface area contributed by atoms with E-state index in [9.17, 15) is 31.9 Å². The summed E-state index contributed by atoms with van der Waals surface area (Å²) >= 11 is 0. The molecule has 4 nitrogen and oxygen atoms in total. The van der Waals surface area contributed by atoms with Crippen LogP contribution < -0.4 is 4.74 Å². The van der Waals surface area contributed by atoms with E-state index in [-0.39, 0.29) is 39.5 Å². The number of halogens is 5. The van der Waals surface area contributed by atoms with Crippen molar-refractivity contribution in [1.82, 2.24) is 0 Å². The molecule has 9 heteroatoms. The van der Waals surface area contributed by atoms with E-state index >= 15 is 0 Å². The number of benzene rings is 3. The number of carbonyl (C=O) groups excluding carboxylic acids is 1. The number of ether oxygens (including phenoxy) is 2. The molecule has 212 valence electrons. The lowest BCUT2D eigenvalue weighted by molar-refractivity contribution is -0.140. The molecule has 2 aliphatic rings. The molecule has 0 spiro atoms. The van der Waals surface area contributed by atoms with Gasteiger partial charge in [0.2, 0.25) is 0 Å². The number of aliphatic hydroxyl groups excluding tert-OH is 1. The summed E-state index contributed by atoms with van der Waals surface area (Å²) in [6.45, 7) is 2.16. The van der Waals surface area contributed by atoms with Crippen molar-refractivity contribution in [2.24, 2.45) is 5.92 Å². The van der Waals surface area contributed by atoms with Gasteiger partial charge in [-0.05, 0) is 61.3 Å².